The number of aryl methyl sites for hydroxylation is 1. The van der Waals surface area contributed by atoms with Crippen LogP contribution < -0.4 is 4.72 Å². The van der Waals surface area contributed by atoms with Crippen LogP contribution in [0.15, 0.2) is 29.2 Å². The number of rotatable bonds is 7. The molecule has 1 aromatic rings. The molecule has 1 amide bonds. The number of benzene rings is 1. The molecule has 0 spiro atoms. The van der Waals surface area contributed by atoms with Gasteiger partial charge in [0.1, 0.15) is 0 Å². The monoisotopic (exact) mass is 328 g/mol. The minimum atomic E-state index is -3.65. The van der Waals surface area contributed by atoms with E-state index in [1.807, 2.05) is 6.92 Å². The molecule has 0 bridgehead atoms. The molecule has 0 aliphatic heterocycles. The Kier molecular flexibility index (Phi) is 6.51. The lowest BCUT2D eigenvalue weighted by Crippen LogP contribution is -2.29. The second kappa shape index (κ2) is 7.90. The summed E-state index contributed by atoms with van der Waals surface area (Å²) < 4.78 is 31.0. The summed E-state index contributed by atoms with van der Waals surface area (Å²) >= 11 is 0. The van der Waals surface area contributed by atoms with Crippen molar-refractivity contribution in [1.82, 2.24) is 9.62 Å². The fourth-order valence-electron chi connectivity index (χ4n) is 1.43. The highest BCUT2D eigenvalue weighted by atomic mass is 32.2. The number of hydrogen-bond donors (Lipinski definition) is 1. The van der Waals surface area contributed by atoms with Crippen molar-refractivity contribution in [2.75, 3.05) is 27.2 Å². The third kappa shape index (κ3) is 5.82. The van der Waals surface area contributed by atoms with Gasteiger partial charge in [0.25, 0.3) is 5.91 Å². The molecular formula is C14H20N2O5S. The molecule has 0 aliphatic carbocycles. The molecule has 0 atom stereocenters. The van der Waals surface area contributed by atoms with Gasteiger partial charge in [-0.15, -0.1) is 0 Å². The molecule has 8 heteroatoms. The first-order chi connectivity index (χ1) is 10.2. The van der Waals surface area contributed by atoms with Crippen LogP contribution in [0.2, 0.25) is 0 Å². The van der Waals surface area contributed by atoms with E-state index in [0.717, 1.165) is 5.56 Å². The van der Waals surface area contributed by atoms with E-state index in [1.165, 1.54) is 17.0 Å². The molecule has 0 saturated heterocycles. The van der Waals surface area contributed by atoms with Crippen LogP contribution in [0.1, 0.15) is 12.0 Å². The van der Waals surface area contributed by atoms with Crippen molar-refractivity contribution in [1.29, 1.82) is 0 Å². The average molecular weight is 328 g/mol. The summed E-state index contributed by atoms with van der Waals surface area (Å²) in [5.74, 6) is -0.976. The van der Waals surface area contributed by atoms with Crippen LogP contribution >= 0.6 is 0 Å². The first-order valence-corrected chi connectivity index (χ1v) is 8.13. The Morgan fingerprint density at radius 1 is 1.18 bits per heavy atom. The van der Waals surface area contributed by atoms with Crippen molar-refractivity contribution < 1.29 is 22.7 Å². The van der Waals surface area contributed by atoms with Gasteiger partial charge in [-0.05, 0) is 19.1 Å². The number of ether oxygens (including phenoxy) is 1. The highest BCUT2D eigenvalue weighted by molar-refractivity contribution is 7.89. The SMILES string of the molecule is Cc1ccc(S(=O)(=O)NCCC(=O)OCC(=O)N(C)C)cc1. The Bertz CT molecular complexity index is 623. The summed E-state index contributed by atoms with van der Waals surface area (Å²) in [6.45, 7) is 1.41. The van der Waals surface area contributed by atoms with Crippen molar-refractivity contribution >= 4 is 21.9 Å². The molecule has 1 aromatic carbocycles. The normalized spacial score (nSPS) is 11.0. The molecule has 7 nitrogen and oxygen atoms in total. The maximum atomic E-state index is 12.0. The molecule has 1 rings (SSSR count). The standard InChI is InChI=1S/C14H20N2O5S/c1-11-4-6-12(7-5-11)22(19,20)15-9-8-14(18)21-10-13(17)16(2)3/h4-7,15H,8-10H2,1-3H3. The summed E-state index contributed by atoms with van der Waals surface area (Å²) in [6, 6.07) is 6.36. The quantitative estimate of drug-likeness (QED) is 0.727. The molecule has 0 heterocycles. The summed E-state index contributed by atoms with van der Waals surface area (Å²) in [6.07, 6.45) is -0.147. The number of nitrogens with zero attached hydrogens (tertiary/aromatic N) is 1. The maximum Gasteiger partial charge on any atom is 0.307 e. The Morgan fingerprint density at radius 3 is 2.32 bits per heavy atom. The zero-order valence-corrected chi connectivity index (χ0v) is 13.6. The smallest absolute Gasteiger partial charge is 0.307 e. The minimum absolute atomic E-state index is 0.0921. The molecule has 122 valence electrons. The van der Waals surface area contributed by atoms with Crippen LogP contribution in [-0.4, -0.2) is 52.4 Å². The van der Waals surface area contributed by atoms with Gasteiger partial charge in [-0.2, -0.15) is 0 Å². The average Bonchev–Trinajstić information content (AvgIpc) is 2.44. The van der Waals surface area contributed by atoms with E-state index in [-0.39, 0.29) is 30.4 Å². The molecule has 0 saturated carbocycles. The van der Waals surface area contributed by atoms with Gasteiger partial charge in [-0.25, -0.2) is 13.1 Å². The minimum Gasteiger partial charge on any atom is -0.456 e. The zero-order valence-electron chi connectivity index (χ0n) is 12.8. The summed E-state index contributed by atoms with van der Waals surface area (Å²) in [4.78, 5) is 24.1. The second-order valence-corrected chi connectivity index (χ2v) is 6.68. The van der Waals surface area contributed by atoms with Gasteiger partial charge in [-0.3, -0.25) is 9.59 Å². The third-order valence-corrected chi connectivity index (χ3v) is 4.28. The number of amides is 1. The third-order valence-electron chi connectivity index (χ3n) is 2.81. The van der Waals surface area contributed by atoms with E-state index in [2.05, 4.69) is 4.72 Å². The fourth-order valence-corrected chi connectivity index (χ4v) is 2.46. The number of carbonyl (C=O) groups is 2. The molecule has 0 aliphatic rings. The van der Waals surface area contributed by atoms with E-state index in [1.54, 1.807) is 26.2 Å². The molecule has 1 N–H and O–H groups in total. The first kappa shape index (κ1) is 18.1. The van der Waals surface area contributed by atoms with Gasteiger partial charge in [0, 0.05) is 20.6 Å². The number of carbonyl (C=O) groups excluding carboxylic acids is 2. The molecule has 0 aromatic heterocycles. The molecule has 0 unspecified atom stereocenters. The molecule has 0 radical (unpaired) electrons. The van der Waals surface area contributed by atoms with E-state index in [4.69, 9.17) is 4.74 Å². The lowest BCUT2D eigenvalue weighted by molar-refractivity contribution is -0.150. The van der Waals surface area contributed by atoms with Crippen molar-refractivity contribution in [2.45, 2.75) is 18.2 Å². The van der Waals surface area contributed by atoms with Crippen molar-refractivity contribution in [3.8, 4) is 0 Å². The van der Waals surface area contributed by atoms with Gasteiger partial charge in [-0.1, -0.05) is 17.7 Å². The Hall–Kier alpha value is -1.93. The number of likely N-dealkylation sites (N-methyl/N-ethyl adjacent to an activating group) is 1. The largest absolute Gasteiger partial charge is 0.456 e. The van der Waals surface area contributed by atoms with Crippen LogP contribution in [-0.2, 0) is 24.3 Å². The number of hydrogen-bond acceptors (Lipinski definition) is 5. The van der Waals surface area contributed by atoms with Gasteiger partial charge in [0.15, 0.2) is 6.61 Å². The topological polar surface area (TPSA) is 92.8 Å². The number of nitrogens with one attached hydrogen (secondary N) is 1. The Labute approximate surface area is 130 Å². The highest BCUT2D eigenvalue weighted by Gasteiger charge is 2.15. The van der Waals surface area contributed by atoms with Crippen LogP contribution in [0.25, 0.3) is 0 Å². The van der Waals surface area contributed by atoms with Crippen molar-refractivity contribution in [2.24, 2.45) is 0 Å². The predicted molar refractivity (Wildman–Crippen MR) is 80.6 cm³/mol. The van der Waals surface area contributed by atoms with E-state index in [9.17, 15) is 18.0 Å². The van der Waals surface area contributed by atoms with E-state index in [0.29, 0.717) is 0 Å². The summed E-state index contributed by atoms with van der Waals surface area (Å²) in [5.41, 5.74) is 0.952. The Balaban J connectivity index is 2.41. The number of sulfonamides is 1. The van der Waals surface area contributed by atoms with E-state index >= 15 is 0 Å². The molecule has 22 heavy (non-hydrogen) atoms. The van der Waals surface area contributed by atoms with Crippen LogP contribution in [0.3, 0.4) is 0 Å². The lowest BCUT2D eigenvalue weighted by atomic mass is 10.2. The molecule has 0 fully saturated rings. The second-order valence-electron chi connectivity index (χ2n) is 4.91. The highest BCUT2D eigenvalue weighted by Crippen LogP contribution is 2.09. The Morgan fingerprint density at radius 2 is 1.77 bits per heavy atom. The number of esters is 1. The lowest BCUT2D eigenvalue weighted by Gasteiger charge is -2.10. The maximum absolute atomic E-state index is 12.0. The van der Waals surface area contributed by atoms with Crippen LogP contribution in [0.5, 0.6) is 0 Å². The van der Waals surface area contributed by atoms with Gasteiger partial charge in [0.05, 0.1) is 11.3 Å². The van der Waals surface area contributed by atoms with Crippen molar-refractivity contribution in [3.63, 3.8) is 0 Å². The van der Waals surface area contributed by atoms with Gasteiger partial charge >= 0.3 is 5.97 Å². The first-order valence-electron chi connectivity index (χ1n) is 6.64. The van der Waals surface area contributed by atoms with Gasteiger partial charge < -0.3 is 9.64 Å². The summed E-state index contributed by atoms with van der Waals surface area (Å²) in [7, 11) is -0.555. The van der Waals surface area contributed by atoms with Crippen LogP contribution in [0, 0.1) is 6.92 Å². The zero-order chi connectivity index (χ0) is 16.8. The van der Waals surface area contributed by atoms with E-state index < -0.39 is 16.0 Å². The fraction of sp³-hybridized carbons (Fsp3) is 0.429. The van der Waals surface area contributed by atoms with Crippen molar-refractivity contribution in [3.05, 3.63) is 29.8 Å². The van der Waals surface area contributed by atoms with Gasteiger partial charge in [0.2, 0.25) is 10.0 Å². The van der Waals surface area contributed by atoms with Crippen LogP contribution in [0.4, 0.5) is 0 Å². The molecular weight excluding hydrogens is 308 g/mol. The summed E-state index contributed by atoms with van der Waals surface area (Å²) in [5, 5.41) is 0. The predicted octanol–water partition coefficient (Wildman–Crippen LogP) is 0.295.